The fourth-order valence-electron chi connectivity index (χ4n) is 5.89. The van der Waals surface area contributed by atoms with E-state index >= 15 is 0 Å². The van der Waals surface area contributed by atoms with Gasteiger partial charge in [-0.15, -0.1) is 0 Å². The van der Waals surface area contributed by atoms with Crippen molar-refractivity contribution in [2.24, 2.45) is 11.8 Å². The number of piperazine rings is 1. The number of rotatable bonds is 4. The number of hydrogen-bond acceptors (Lipinski definition) is 5. The number of nitrogens with zero attached hydrogens (tertiary/aromatic N) is 4. The summed E-state index contributed by atoms with van der Waals surface area (Å²) in [5, 5.41) is 11.3. The highest BCUT2D eigenvalue weighted by atomic mass is 16.6. The van der Waals surface area contributed by atoms with Crippen molar-refractivity contribution in [2.45, 2.75) is 31.7 Å². The molecule has 0 aliphatic carbocycles. The Kier molecular flexibility index (Phi) is 6.06. The van der Waals surface area contributed by atoms with Crippen LogP contribution in [0.4, 0.5) is 11.4 Å². The zero-order valence-corrected chi connectivity index (χ0v) is 19.2. The molecule has 3 aliphatic rings. The second-order valence-corrected chi connectivity index (χ2v) is 9.86. The van der Waals surface area contributed by atoms with Gasteiger partial charge in [0.25, 0.3) is 5.69 Å². The summed E-state index contributed by atoms with van der Waals surface area (Å²) in [5.74, 6) is 0.673. The Morgan fingerprint density at radius 3 is 2.55 bits per heavy atom. The Morgan fingerprint density at radius 2 is 1.82 bits per heavy atom. The van der Waals surface area contributed by atoms with Crippen LogP contribution in [0.5, 0.6) is 0 Å². The van der Waals surface area contributed by atoms with Crippen LogP contribution >= 0.6 is 0 Å². The molecule has 3 heterocycles. The van der Waals surface area contributed by atoms with E-state index in [4.69, 9.17) is 0 Å². The standard InChI is InChI=1S/C26H32N4O3/c1-27-13-14-29-24-8-7-22(30(32)33)16-21(24)17-23(25(29)18-27)26(31)28-11-9-20(10-12-28)15-19-5-3-2-4-6-19/h2-8,16,20,23,25H,9-15,17-18H2,1H3. The van der Waals surface area contributed by atoms with Gasteiger partial charge in [0.05, 0.1) is 16.9 Å². The van der Waals surface area contributed by atoms with Crippen LogP contribution in [-0.2, 0) is 17.6 Å². The first-order chi connectivity index (χ1) is 16.0. The van der Waals surface area contributed by atoms with Gasteiger partial charge in [-0.25, -0.2) is 0 Å². The minimum Gasteiger partial charge on any atom is -0.365 e. The number of piperidine rings is 1. The summed E-state index contributed by atoms with van der Waals surface area (Å²) >= 11 is 0. The van der Waals surface area contributed by atoms with E-state index in [0.29, 0.717) is 12.3 Å². The Hall–Kier alpha value is -2.93. The topological polar surface area (TPSA) is 69.9 Å². The highest BCUT2D eigenvalue weighted by Crippen LogP contribution is 2.38. The first-order valence-electron chi connectivity index (χ1n) is 12.0. The maximum atomic E-state index is 13.8. The van der Waals surface area contributed by atoms with Gasteiger partial charge in [0.15, 0.2) is 0 Å². The van der Waals surface area contributed by atoms with E-state index in [1.807, 2.05) is 12.1 Å². The van der Waals surface area contributed by atoms with Crippen molar-refractivity contribution in [3.05, 3.63) is 69.8 Å². The van der Waals surface area contributed by atoms with Gasteiger partial charge in [0, 0.05) is 50.5 Å². The van der Waals surface area contributed by atoms with Crippen molar-refractivity contribution in [2.75, 3.05) is 44.7 Å². The number of likely N-dealkylation sites (tertiary alicyclic amines) is 1. The molecule has 0 spiro atoms. The number of carbonyl (C=O) groups excluding carboxylic acids is 1. The summed E-state index contributed by atoms with van der Waals surface area (Å²) in [6.45, 7) is 4.22. The van der Waals surface area contributed by atoms with Crippen LogP contribution < -0.4 is 4.90 Å². The first-order valence-corrected chi connectivity index (χ1v) is 12.0. The highest BCUT2D eigenvalue weighted by molar-refractivity contribution is 5.82. The van der Waals surface area contributed by atoms with Crippen LogP contribution in [0.1, 0.15) is 24.0 Å². The normalized spacial score (nSPS) is 23.7. The van der Waals surface area contributed by atoms with Gasteiger partial charge in [-0.05, 0) is 55.8 Å². The lowest BCUT2D eigenvalue weighted by Gasteiger charge is -2.49. The van der Waals surface area contributed by atoms with Crippen LogP contribution in [-0.4, -0.2) is 66.4 Å². The van der Waals surface area contributed by atoms with Crippen molar-refractivity contribution < 1.29 is 9.72 Å². The monoisotopic (exact) mass is 448 g/mol. The molecule has 0 bridgehead atoms. The Labute approximate surface area is 195 Å². The third-order valence-corrected chi connectivity index (χ3v) is 7.72. The second kappa shape index (κ2) is 9.14. The van der Waals surface area contributed by atoms with Gasteiger partial charge in [-0.1, -0.05) is 30.3 Å². The Morgan fingerprint density at radius 1 is 1.06 bits per heavy atom. The molecule has 5 rings (SSSR count). The number of carbonyl (C=O) groups is 1. The minimum atomic E-state index is -0.343. The number of hydrogen-bond donors (Lipinski definition) is 0. The second-order valence-electron chi connectivity index (χ2n) is 9.86. The number of benzene rings is 2. The number of likely N-dealkylation sites (N-methyl/N-ethyl adjacent to an activating group) is 1. The molecule has 1 amide bonds. The molecule has 0 saturated carbocycles. The maximum absolute atomic E-state index is 13.8. The van der Waals surface area contributed by atoms with Crippen molar-refractivity contribution in [3.63, 3.8) is 0 Å². The fourth-order valence-corrected chi connectivity index (χ4v) is 5.89. The quantitative estimate of drug-likeness (QED) is 0.530. The van der Waals surface area contributed by atoms with Crippen molar-refractivity contribution in [3.8, 4) is 0 Å². The molecule has 0 aromatic heterocycles. The number of anilines is 1. The SMILES string of the molecule is CN1CCN2c3ccc([N+](=O)[O-])cc3CC(C(=O)N3CCC(Cc4ccccc4)CC3)C2C1. The van der Waals surface area contributed by atoms with E-state index in [1.165, 1.54) is 5.56 Å². The molecule has 2 atom stereocenters. The zero-order valence-electron chi connectivity index (χ0n) is 19.2. The van der Waals surface area contributed by atoms with Gasteiger partial charge in [0.1, 0.15) is 0 Å². The lowest BCUT2D eigenvalue weighted by Crippen LogP contribution is -2.61. The largest absolute Gasteiger partial charge is 0.365 e. The van der Waals surface area contributed by atoms with Crippen LogP contribution in [0.25, 0.3) is 0 Å². The van der Waals surface area contributed by atoms with Crippen LogP contribution in [0.2, 0.25) is 0 Å². The maximum Gasteiger partial charge on any atom is 0.269 e. The molecule has 2 unspecified atom stereocenters. The fraction of sp³-hybridized carbons (Fsp3) is 0.500. The summed E-state index contributed by atoms with van der Waals surface area (Å²) in [6, 6.07) is 15.9. The van der Waals surface area contributed by atoms with Gasteiger partial charge < -0.3 is 14.7 Å². The average Bonchev–Trinajstić information content (AvgIpc) is 2.83. The molecule has 3 aliphatic heterocycles. The number of nitro groups is 1. The van der Waals surface area contributed by atoms with Gasteiger partial charge >= 0.3 is 0 Å². The number of fused-ring (bicyclic) bond motifs is 3. The van der Waals surface area contributed by atoms with E-state index in [1.54, 1.807) is 12.1 Å². The molecule has 174 valence electrons. The molecule has 2 aromatic rings. The van der Waals surface area contributed by atoms with E-state index in [9.17, 15) is 14.9 Å². The van der Waals surface area contributed by atoms with Crippen molar-refractivity contribution in [1.82, 2.24) is 9.80 Å². The summed E-state index contributed by atoms with van der Waals surface area (Å²) in [7, 11) is 2.11. The molecule has 7 nitrogen and oxygen atoms in total. The summed E-state index contributed by atoms with van der Waals surface area (Å²) in [5.41, 5.74) is 3.47. The number of amides is 1. The third-order valence-electron chi connectivity index (χ3n) is 7.72. The smallest absolute Gasteiger partial charge is 0.269 e. The van der Waals surface area contributed by atoms with Gasteiger partial charge in [-0.3, -0.25) is 14.9 Å². The number of nitro benzene ring substituents is 1. The predicted molar refractivity (Wildman–Crippen MR) is 128 cm³/mol. The number of non-ortho nitro benzene ring substituents is 1. The predicted octanol–water partition coefficient (Wildman–Crippen LogP) is 3.37. The lowest BCUT2D eigenvalue weighted by atomic mass is 9.82. The minimum absolute atomic E-state index is 0.106. The summed E-state index contributed by atoms with van der Waals surface area (Å²) < 4.78 is 0. The Balaban J connectivity index is 1.31. The van der Waals surface area contributed by atoms with E-state index in [0.717, 1.165) is 63.2 Å². The third kappa shape index (κ3) is 4.47. The average molecular weight is 449 g/mol. The van der Waals surface area contributed by atoms with Crippen LogP contribution in [0, 0.1) is 22.0 Å². The van der Waals surface area contributed by atoms with Crippen LogP contribution in [0.3, 0.4) is 0 Å². The summed E-state index contributed by atoms with van der Waals surface area (Å²) in [6.07, 6.45) is 3.72. The molecule has 0 radical (unpaired) electrons. The van der Waals surface area contributed by atoms with E-state index in [-0.39, 0.29) is 28.5 Å². The molecule has 2 aromatic carbocycles. The van der Waals surface area contributed by atoms with Gasteiger partial charge in [-0.2, -0.15) is 0 Å². The van der Waals surface area contributed by atoms with Crippen molar-refractivity contribution >= 4 is 17.3 Å². The molecule has 7 heteroatoms. The molecule has 2 saturated heterocycles. The van der Waals surface area contributed by atoms with Crippen LogP contribution in [0.15, 0.2) is 48.5 Å². The molecular weight excluding hydrogens is 416 g/mol. The first kappa shape index (κ1) is 21.9. The molecule has 33 heavy (non-hydrogen) atoms. The lowest BCUT2D eigenvalue weighted by molar-refractivity contribution is -0.384. The molecular formula is C26H32N4O3. The molecule has 0 N–H and O–H groups in total. The van der Waals surface area contributed by atoms with E-state index in [2.05, 4.69) is 46.0 Å². The zero-order chi connectivity index (χ0) is 22.9. The highest BCUT2D eigenvalue weighted by Gasteiger charge is 2.43. The molecule has 2 fully saturated rings. The summed E-state index contributed by atoms with van der Waals surface area (Å²) in [4.78, 5) is 31.4. The van der Waals surface area contributed by atoms with Gasteiger partial charge in [0.2, 0.25) is 5.91 Å². The Bertz CT molecular complexity index is 1020. The van der Waals surface area contributed by atoms with E-state index < -0.39 is 0 Å². The van der Waals surface area contributed by atoms with Crippen molar-refractivity contribution in [1.29, 1.82) is 0 Å².